The van der Waals surface area contributed by atoms with Gasteiger partial charge in [0.15, 0.2) is 5.54 Å². The second-order valence-electron chi connectivity index (χ2n) is 10.2. The number of carbonyl (C=O) groups is 3. The molecule has 1 heterocycles. The fraction of sp³-hybridized carbons (Fsp3) is 0.323. The maximum Gasteiger partial charge on any atom is 0.407 e. The summed E-state index contributed by atoms with van der Waals surface area (Å²) in [5.41, 5.74) is 4.32. The number of alkyl carbamates (subject to hydrolysis) is 1. The minimum absolute atomic E-state index is 0.0288. The van der Waals surface area contributed by atoms with E-state index in [0.717, 1.165) is 27.8 Å². The number of hydrogen-bond acceptors (Lipinski definition) is 6. The highest BCUT2D eigenvalue weighted by Gasteiger charge is 2.46. The molecule has 0 radical (unpaired) electrons. The van der Waals surface area contributed by atoms with Gasteiger partial charge < -0.3 is 25.2 Å². The molecule has 1 unspecified atom stereocenters. The number of carbonyl (C=O) groups excluding carboxylic acids is 2. The van der Waals surface area contributed by atoms with Gasteiger partial charge in [0.2, 0.25) is 5.91 Å². The predicted molar refractivity (Wildman–Crippen MR) is 149 cm³/mol. The smallest absolute Gasteiger partial charge is 0.407 e. The highest BCUT2D eigenvalue weighted by Crippen LogP contribution is 2.44. The molecule has 9 heteroatoms. The molecule has 1 aliphatic carbocycles. The lowest BCUT2D eigenvalue weighted by Gasteiger charge is -2.26. The number of nitrogens with zero attached hydrogens (tertiary/aromatic N) is 1. The second-order valence-corrected chi connectivity index (χ2v) is 10.2. The molecule has 2 amide bonds. The third-order valence-electron chi connectivity index (χ3n) is 7.48. The van der Waals surface area contributed by atoms with Gasteiger partial charge in [0.25, 0.3) is 0 Å². The highest BCUT2D eigenvalue weighted by molar-refractivity contribution is 5.88. The van der Waals surface area contributed by atoms with Gasteiger partial charge in [-0.3, -0.25) is 9.69 Å². The molecule has 3 N–H and O–H groups in total. The van der Waals surface area contributed by atoms with E-state index in [2.05, 4.69) is 34.9 Å². The zero-order valence-corrected chi connectivity index (χ0v) is 22.2. The summed E-state index contributed by atoms with van der Waals surface area (Å²) in [5, 5.41) is 15.2. The number of benzene rings is 3. The van der Waals surface area contributed by atoms with Crippen molar-refractivity contribution in [1.82, 2.24) is 15.5 Å². The number of likely N-dealkylation sites (tertiary alicyclic amines) is 1. The second kappa shape index (κ2) is 12.3. The summed E-state index contributed by atoms with van der Waals surface area (Å²) >= 11 is 0. The van der Waals surface area contributed by atoms with Crippen LogP contribution >= 0.6 is 0 Å². The fourth-order valence-corrected chi connectivity index (χ4v) is 5.54. The summed E-state index contributed by atoms with van der Waals surface area (Å²) in [4.78, 5) is 38.9. The van der Waals surface area contributed by atoms with E-state index in [-0.39, 0.29) is 38.8 Å². The van der Waals surface area contributed by atoms with E-state index in [0.29, 0.717) is 19.5 Å². The minimum atomic E-state index is -1.35. The molecule has 5 rings (SSSR count). The van der Waals surface area contributed by atoms with Gasteiger partial charge in [-0.15, -0.1) is 0 Å². The molecule has 208 valence electrons. The summed E-state index contributed by atoms with van der Waals surface area (Å²) in [6.45, 7) is 1.53. The van der Waals surface area contributed by atoms with Gasteiger partial charge >= 0.3 is 12.1 Å². The standard InChI is InChI=1S/C31H33N3O6/c35-28(33-31(29(36)37)14-16-34(21-31)18-22-8-2-1-3-9-22)20-39-17-15-32-30(38)40-19-27-25-12-6-4-10-23(25)24-11-5-7-13-26(24)27/h1-13,27H,14-21H2,(H,32,38)(H,33,35)(H,36,37). The number of carboxylic acids is 1. The zero-order valence-electron chi connectivity index (χ0n) is 22.2. The molecule has 1 saturated heterocycles. The van der Waals surface area contributed by atoms with Crippen LogP contribution in [0.3, 0.4) is 0 Å². The summed E-state index contributed by atoms with van der Waals surface area (Å²) in [6.07, 6.45) is -0.256. The topological polar surface area (TPSA) is 117 Å². The summed E-state index contributed by atoms with van der Waals surface area (Å²) < 4.78 is 10.9. The van der Waals surface area contributed by atoms with Gasteiger partial charge in [-0.2, -0.15) is 0 Å². The molecule has 0 saturated carbocycles. The first kappa shape index (κ1) is 27.4. The fourth-order valence-electron chi connectivity index (χ4n) is 5.54. The van der Waals surface area contributed by atoms with Crippen LogP contribution in [0.2, 0.25) is 0 Å². The van der Waals surface area contributed by atoms with Crippen molar-refractivity contribution in [2.24, 2.45) is 0 Å². The van der Waals surface area contributed by atoms with E-state index >= 15 is 0 Å². The van der Waals surface area contributed by atoms with Crippen molar-refractivity contribution >= 4 is 18.0 Å². The van der Waals surface area contributed by atoms with E-state index < -0.39 is 23.5 Å². The van der Waals surface area contributed by atoms with Gasteiger partial charge in [-0.1, -0.05) is 78.9 Å². The SMILES string of the molecule is O=C(COCCNC(=O)OCC1c2ccccc2-c2ccccc21)NC1(C(=O)O)CCN(Cc2ccccc2)C1. The molecule has 0 bridgehead atoms. The van der Waals surface area contributed by atoms with Gasteiger partial charge in [0.05, 0.1) is 6.61 Å². The zero-order chi connectivity index (χ0) is 28.0. The molecular weight excluding hydrogens is 510 g/mol. The van der Waals surface area contributed by atoms with Crippen LogP contribution in [0.25, 0.3) is 11.1 Å². The van der Waals surface area contributed by atoms with Gasteiger partial charge in [-0.25, -0.2) is 9.59 Å². The molecular formula is C31H33N3O6. The van der Waals surface area contributed by atoms with E-state index in [1.54, 1.807) is 0 Å². The molecule has 40 heavy (non-hydrogen) atoms. The Morgan fingerprint density at radius 2 is 1.57 bits per heavy atom. The normalized spacial score (nSPS) is 18.1. The summed E-state index contributed by atoms with van der Waals surface area (Å²) in [7, 11) is 0. The van der Waals surface area contributed by atoms with Crippen molar-refractivity contribution in [2.45, 2.75) is 24.4 Å². The van der Waals surface area contributed by atoms with Gasteiger partial charge in [0, 0.05) is 32.1 Å². The Balaban J connectivity index is 1.02. The van der Waals surface area contributed by atoms with Crippen molar-refractivity contribution in [2.75, 3.05) is 39.5 Å². The van der Waals surface area contributed by atoms with E-state index in [1.165, 1.54) is 0 Å². The Labute approximate surface area is 233 Å². The maximum absolute atomic E-state index is 12.5. The quantitative estimate of drug-likeness (QED) is 0.318. The molecule has 3 aromatic rings. The van der Waals surface area contributed by atoms with Crippen LogP contribution in [0, 0.1) is 0 Å². The number of aliphatic carboxylic acids is 1. The predicted octanol–water partition coefficient (Wildman–Crippen LogP) is 3.39. The van der Waals surface area contributed by atoms with Gasteiger partial charge in [-0.05, 0) is 34.2 Å². The Bertz CT molecular complexity index is 1320. The van der Waals surface area contributed by atoms with Crippen molar-refractivity contribution in [3.05, 3.63) is 95.6 Å². The van der Waals surface area contributed by atoms with Crippen LogP contribution in [0.1, 0.15) is 29.0 Å². The van der Waals surface area contributed by atoms with Crippen LogP contribution in [0.5, 0.6) is 0 Å². The number of hydrogen-bond donors (Lipinski definition) is 3. The average molecular weight is 544 g/mol. The first-order valence-electron chi connectivity index (χ1n) is 13.4. The Kier molecular flexibility index (Phi) is 8.42. The lowest BCUT2D eigenvalue weighted by atomic mass is 9.98. The van der Waals surface area contributed by atoms with Crippen LogP contribution in [0.15, 0.2) is 78.9 Å². The third kappa shape index (κ3) is 6.16. The van der Waals surface area contributed by atoms with E-state index in [1.807, 2.05) is 59.5 Å². The van der Waals surface area contributed by atoms with Crippen molar-refractivity contribution in [3.63, 3.8) is 0 Å². The number of nitrogens with one attached hydrogen (secondary N) is 2. The van der Waals surface area contributed by atoms with Gasteiger partial charge in [0.1, 0.15) is 13.2 Å². The minimum Gasteiger partial charge on any atom is -0.479 e. The Morgan fingerprint density at radius 1 is 0.925 bits per heavy atom. The number of fused-ring (bicyclic) bond motifs is 3. The van der Waals surface area contributed by atoms with Crippen molar-refractivity contribution in [1.29, 1.82) is 0 Å². The van der Waals surface area contributed by atoms with Crippen LogP contribution in [-0.2, 0) is 25.6 Å². The van der Waals surface area contributed by atoms with Crippen LogP contribution in [0.4, 0.5) is 4.79 Å². The third-order valence-corrected chi connectivity index (χ3v) is 7.48. The molecule has 2 aliphatic rings. The summed E-state index contributed by atoms with van der Waals surface area (Å²) in [5.74, 6) is -1.60. The van der Waals surface area contributed by atoms with Crippen molar-refractivity contribution < 1.29 is 29.0 Å². The van der Waals surface area contributed by atoms with Crippen molar-refractivity contribution in [3.8, 4) is 11.1 Å². The van der Waals surface area contributed by atoms with Crippen LogP contribution < -0.4 is 10.6 Å². The first-order chi connectivity index (χ1) is 19.4. The lowest BCUT2D eigenvalue weighted by Crippen LogP contribution is -2.57. The van der Waals surface area contributed by atoms with E-state index in [9.17, 15) is 19.5 Å². The lowest BCUT2D eigenvalue weighted by molar-refractivity contribution is -0.147. The Morgan fingerprint density at radius 3 is 2.25 bits per heavy atom. The molecule has 0 aromatic heterocycles. The molecule has 1 atom stereocenters. The number of carboxylic acid groups (broad SMARTS) is 1. The molecule has 1 aliphatic heterocycles. The molecule has 1 fully saturated rings. The number of amides is 2. The van der Waals surface area contributed by atoms with E-state index in [4.69, 9.17) is 9.47 Å². The number of rotatable bonds is 11. The van der Waals surface area contributed by atoms with Crippen LogP contribution in [-0.4, -0.2) is 73.0 Å². The summed E-state index contributed by atoms with van der Waals surface area (Å²) in [6, 6.07) is 26.0. The molecule has 0 spiro atoms. The molecule has 3 aromatic carbocycles. The number of ether oxygens (including phenoxy) is 2. The first-order valence-corrected chi connectivity index (χ1v) is 13.4. The maximum atomic E-state index is 12.5. The largest absolute Gasteiger partial charge is 0.479 e. The highest BCUT2D eigenvalue weighted by atomic mass is 16.5. The Hall–Kier alpha value is -4.21. The average Bonchev–Trinajstić information content (AvgIpc) is 3.51. The monoisotopic (exact) mass is 543 g/mol. The molecule has 9 nitrogen and oxygen atoms in total.